The minimum Gasteiger partial charge on any atom is -0.312 e. The van der Waals surface area contributed by atoms with E-state index in [0.717, 1.165) is 12.3 Å². The van der Waals surface area contributed by atoms with Crippen LogP contribution in [0.3, 0.4) is 0 Å². The molecular weight excluding hydrogens is 195 g/mol. The third-order valence-electron chi connectivity index (χ3n) is 2.24. The molecule has 0 bridgehead atoms. The Labute approximate surface area is 81.8 Å². The van der Waals surface area contributed by atoms with E-state index in [1.54, 1.807) is 0 Å². The second kappa shape index (κ2) is 4.98. The van der Waals surface area contributed by atoms with E-state index in [4.69, 9.17) is 0 Å². The average molecular weight is 211 g/mol. The maximum absolute atomic E-state index is 11.6. The molecule has 1 saturated carbocycles. The van der Waals surface area contributed by atoms with Crippen LogP contribution in [0.4, 0.5) is 13.2 Å². The van der Waals surface area contributed by atoms with Gasteiger partial charge in [-0.3, -0.25) is 4.74 Å². The summed E-state index contributed by atoms with van der Waals surface area (Å²) in [6.45, 7) is 1.94. The summed E-state index contributed by atoms with van der Waals surface area (Å²) >= 11 is 0. The van der Waals surface area contributed by atoms with E-state index in [9.17, 15) is 13.2 Å². The third kappa shape index (κ3) is 6.21. The number of hydrogen-bond acceptors (Lipinski definition) is 2. The Kier molecular flexibility index (Phi) is 4.19. The smallest absolute Gasteiger partial charge is 0.312 e. The van der Waals surface area contributed by atoms with Crippen molar-refractivity contribution in [3.63, 3.8) is 0 Å². The van der Waals surface area contributed by atoms with Gasteiger partial charge < -0.3 is 5.32 Å². The van der Waals surface area contributed by atoms with Gasteiger partial charge in [0, 0.05) is 12.6 Å². The fourth-order valence-electron chi connectivity index (χ4n) is 1.41. The van der Waals surface area contributed by atoms with Gasteiger partial charge in [0.2, 0.25) is 0 Å². The monoisotopic (exact) mass is 211 g/mol. The van der Waals surface area contributed by atoms with Crippen LogP contribution in [0.5, 0.6) is 0 Å². The van der Waals surface area contributed by atoms with Crippen molar-refractivity contribution in [1.82, 2.24) is 5.32 Å². The highest BCUT2D eigenvalue weighted by atomic mass is 19.4. The Morgan fingerprint density at radius 1 is 1.43 bits per heavy atom. The molecule has 0 aromatic carbocycles. The van der Waals surface area contributed by atoms with E-state index in [0.29, 0.717) is 6.04 Å². The van der Waals surface area contributed by atoms with Crippen molar-refractivity contribution in [3.05, 3.63) is 0 Å². The molecule has 84 valence electrons. The molecule has 1 fully saturated rings. The largest absolute Gasteiger partial charge is 0.522 e. The lowest BCUT2D eigenvalue weighted by Gasteiger charge is -2.13. The minimum atomic E-state index is -4.50. The fourth-order valence-corrected chi connectivity index (χ4v) is 1.41. The second-order valence-corrected chi connectivity index (χ2v) is 3.83. The van der Waals surface area contributed by atoms with Gasteiger partial charge in [-0.05, 0) is 19.3 Å². The van der Waals surface area contributed by atoms with Crippen LogP contribution in [0.25, 0.3) is 0 Å². The second-order valence-electron chi connectivity index (χ2n) is 3.83. The molecule has 1 rings (SSSR count). The summed E-state index contributed by atoms with van der Waals surface area (Å²) in [7, 11) is 0. The number of nitrogens with one attached hydrogen (secondary N) is 1. The van der Waals surface area contributed by atoms with Gasteiger partial charge in [0.25, 0.3) is 0 Å². The van der Waals surface area contributed by atoms with Gasteiger partial charge in [0.05, 0.1) is 6.61 Å². The number of hydrogen-bond donors (Lipinski definition) is 1. The normalized spacial score (nSPS) is 19.7. The highest BCUT2D eigenvalue weighted by Crippen LogP contribution is 2.33. The van der Waals surface area contributed by atoms with Gasteiger partial charge in [0.1, 0.15) is 0 Å². The Morgan fingerprint density at radius 2 is 2.07 bits per heavy atom. The Morgan fingerprint density at radius 3 is 2.57 bits per heavy atom. The van der Waals surface area contributed by atoms with E-state index < -0.39 is 6.36 Å². The maximum atomic E-state index is 11.6. The van der Waals surface area contributed by atoms with Gasteiger partial charge in [-0.1, -0.05) is 12.8 Å². The van der Waals surface area contributed by atoms with Crippen molar-refractivity contribution >= 4 is 0 Å². The van der Waals surface area contributed by atoms with Gasteiger partial charge in [-0.2, -0.15) is 0 Å². The highest BCUT2D eigenvalue weighted by molar-refractivity contribution is 4.77. The quantitative estimate of drug-likeness (QED) is 0.681. The van der Waals surface area contributed by atoms with E-state index in [-0.39, 0.29) is 13.2 Å². The van der Waals surface area contributed by atoms with Crippen LogP contribution < -0.4 is 5.32 Å². The van der Waals surface area contributed by atoms with Crippen LogP contribution in [0, 0.1) is 5.92 Å². The standard InChI is InChI=1S/C9H16F3NO/c1-7(6-8-2-3-8)13-4-5-14-9(10,11)12/h7-8,13H,2-6H2,1H3. The van der Waals surface area contributed by atoms with Crippen LogP contribution in [-0.2, 0) is 4.74 Å². The lowest BCUT2D eigenvalue weighted by molar-refractivity contribution is -0.323. The van der Waals surface area contributed by atoms with Gasteiger partial charge >= 0.3 is 6.36 Å². The Hall–Kier alpha value is -0.290. The molecule has 0 aromatic heterocycles. The topological polar surface area (TPSA) is 21.3 Å². The molecular formula is C9H16F3NO. The molecule has 1 unspecified atom stereocenters. The third-order valence-corrected chi connectivity index (χ3v) is 2.24. The summed E-state index contributed by atoms with van der Waals surface area (Å²) in [5, 5.41) is 3.00. The zero-order valence-corrected chi connectivity index (χ0v) is 8.23. The molecule has 1 atom stereocenters. The molecule has 1 N–H and O–H groups in total. The van der Waals surface area contributed by atoms with Crippen LogP contribution >= 0.6 is 0 Å². The molecule has 14 heavy (non-hydrogen) atoms. The van der Waals surface area contributed by atoms with Gasteiger partial charge in [0.15, 0.2) is 0 Å². The van der Waals surface area contributed by atoms with Crippen LogP contribution in [0.15, 0.2) is 0 Å². The molecule has 1 aliphatic carbocycles. The van der Waals surface area contributed by atoms with Crippen molar-refractivity contribution < 1.29 is 17.9 Å². The van der Waals surface area contributed by atoms with Crippen LogP contribution in [0.1, 0.15) is 26.2 Å². The Bertz CT molecular complexity index is 168. The first kappa shape index (κ1) is 11.8. The fraction of sp³-hybridized carbons (Fsp3) is 1.00. The number of alkyl halides is 3. The summed E-state index contributed by atoms with van der Waals surface area (Å²) in [6, 6.07) is 0.291. The van der Waals surface area contributed by atoms with Gasteiger partial charge in [-0.15, -0.1) is 13.2 Å². The number of halogens is 3. The lowest BCUT2D eigenvalue weighted by atomic mass is 10.2. The predicted molar refractivity (Wildman–Crippen MR) is 46.8 cm³/mol. The first-order valence-electron chi connectivity index (χ1n) is 4.91. The molecule has 0 amide bonds. The van der Waals surface area contributed by atoms with E-state index >= 15 is 0 Å². The van der Waals surface area contributed by atoms with Crippen molar-refractivity contribution in [2.45, 2.75) is 38.6 Å². The highest BCUT2D eigenvalue weighted by Gasteiger charge is 2.28. The van der Waals surface area contributed by atoms with Crippen LogP contribution in [0.2, 0.25) is 0 Å². The molecule has 0 radical (unpaired) electrons. The number of ether oxygens (including phenoxy) is 1. The average Bonchev–Trinajstić information content (AvgIpc) is 2.80. The minimum absolute atomic E-state index is 0.257. The molecule has 0 heterocycles. The first-order valence-corrected chi connectivity index (χ1v) is 4.91. The van der Waals surface area contributed by atoms with Crippen LogP contribution in [-0.4, -0.2) is 25.6 Å². The summed E-state index contributed by atoms with van der Waals surface area (Å²) in [5.74, 6) is 0.793. The summed E-state index contributed by atoms with van der Waals surface area (Å²) in [5.41, 5.74) is 0. The van der Waals surface area contributed by atoms with Gasteiger partial charge in [-0.25, -0.2) is 0 Å². The zero-order valence-electron chi connectivity index (χ0n) is 8.23. The van der Waals surface area contributed by atoms with E-state index in [2.05, 4.69) is 10.1 Å². The van der Waals surface area contributed by atoms with Crippen molar-refractivity contribution in [1.29, 1.82) is 0 Å². The molecule has 2 nitrogen and oxygen atoms in total. The lowest BCUT2D eigenvalue weighted by Crippen LogP contribution is -2.31. The molecule has 0 spiro atoms. The molecule has 0 saturated heterocycles. The molecule has 1 aliphatic rings. The zero-order chi connectivity index (χ0) is 10.6. The van der Waals surface area contributed by atoms with E-state index in [1.165, 1.54) is 12.8 Å². The summed E-state index contributed by atoms with van der Waals surface area (Å²) in [4.78, 5) is 0. The molecule has 5 heteroatoms. The molecule has 0 aromatic rings. The van der Waals surface area contributed by atoms with Crippen molar-refractivity contribution in [3.8, 4) is 0 Å². The summed E-state index contributed by atoms with van der Waals surface area (Å²) in [6.07, 6.45) is -0.899. The maximum Gasteiger partial charge on any atom is 0.522 e. The summed E-state index contributed by atoms with van der Waals surface area (Å²) < 4.78 is 38.3. The van der Waals surface area contributed by atoms with Crippen molar-refractivity contribution in [2.75, 3.05) is 13.2 Å². The Balaban J connectivity index is 1.91. The molecule has 0 aliphatic heterocycles. The van der Waals surface area contributed by atoms with E-state index in [1.807, 2.05) is 6.92 Å². The first-order chi connectivity index (χ1) is 6.47. The SMILES string of the molecule is CC(CC1CC1)NCCOC(F)(F)F. The van der Waals surface area contributed by atoms with Crippen molar-refractivity contribution in [2.24, 2.45) is 5.92 Å². The predicted octanol–water partition coefficient (Wildman–Crippen LogP) is 2.30. The number of rotatable bonds is 6.